The Kier molecular flexibility index (Phi) is 3.54. The maximum Gasteiger partial charge on any atom is 0.323 e. The summed E-state index contributed by atoms with van der Waals surface area (Å²) in [7, 11) is 2.50. The van der Waals surface area contributed by atoms with E-state index in [9.17, 15) is 14.4 Å². The van der Waals surface area contributed by atoms with Crippen LogP contribution in [0, 0.1) is 17.3 Å². The third-order valence-electron chi connectivity index (χ3n) is 4.50. The zero-order chi connectivity index (χ0) is 15.1. The molecule has 5 nitrogen and oxygen atoms in total. The molecule has 0 saturated heterocycles. The van der Waals surface area contributed by atoms with Crippen molar-refractivity contribution in [3.8, 4) is 0 Å². The number of rotatable bonds is 3. The van der Waals surface area contributed by atoms with Crippen molar-refractivity contribution in [2.75, 3.05) is 14.2 Å². The summed E-state index contributed by atoms with van der Waals surface area (Å²) in [6, 6.07) is 0. The summed E-state index contributed by atoms with van der Waals surface area (Å²) in [4.78, 5) is 36.3. The van der Waals surface area contributed by atoms with E-state index in [1.807, 2.05) is 0 Å². The third-order valence-corrected chi connectivity index (χ3v) is 4.50. The molecular formula is C15H18O5. The van der Waals surface area contributed by atoms with Crippen molar-refractivity contribution in [1.29, 1.82) is 0 Å². The highest BCUT2D eigenvalue weighted by Crippen LogP contribution is 2.54. The molecule has 0 aliphatic heterocycles. The van der Waals surface area contributed by atoms with Gasteiger partial charge in [0.25, 0.3) is 0 Å². The third kappa shape index (κ3) is 1.72. The molecule has 1 fully saturated rings. The van der Waals surface area contributed by atoms with E-state index >= 15 is 0 Å². The minimum Gasteiger partial charge on any atom is -0.468 e. The summed E-state index contributed by atoms with van der Waals surface area (Å²) < 4.78 is 9.57. The first-order chi connectivity index (χ1) is 9.42. The Labute approximate surface area is 117 Å². The zero-order valence-electron chi connectivity index (χ0n) is 11.9. The number of ketones is 1. The largest absolute Gasteiger partial charge is 0.468 e. The van der Waals surface area contributed by atoms with Crippen molar-refractivity contribution in [2.24, 2.45) is 17.3 Å². The SMILES string of the molecule is C=CC1C(=O)C(C)=C2CC(C(=O)OC)(C(=O)OC)CC21. The summed E-state index contributed by atoms with van der Waals surface area (Å²) >= 11 is 0. The number of hydrogen-bond acceptors (Lipinski definition) is 5. The van der Waals surface area contributed by atoms with Crippen LogP contribution in [-0.2, 0) is 23.9 Å². The number of Topliss-reactive ketones (excluding diaryl/α,β-unsaturated/α-hetero) is 1. The van der Waals surface area contributed by atoms with Crippen molar-refractivity contribution in [2.45, 2.75) is 19.8 Å². The first-order valence-electron chi connectivity index (χ1n) is 6.46. The molecule has 0 aromatic heterocycles. The number of fused-ring (bicyclic) bond motifs is 1. The molecule has 0 aromatic carbocycles. The maximum absolute atomic E-state index is 12.1. The van der Waals surface area contributed by atoms with Gasteiger partial charge in [-0.1, -0.05) is 11.6 Å². The van der Waals surface area contributed by atoms with Crippen LogP contribution in [0.5, 0.6) is 0 Å². The fraction of sp³-hybridized carbons (Fsp3) is 0.533. The van der Waals surface area contributed by atoms with Gasteiger partial charge in [0, 0.05) is 5.92 Å². The second-order valence-electron chi connectivity index (χ2n) is 5.33. The Balaban J connectivity index is 2.48. The number of ether oxygens (including phenoxy) is 2. The summed E-state index contributed by atoms with van der Waals surface area (Å²) in [5.74, 6) is -1.69. The van der Waals surface area contributed by atoms with Crippen LogP contribution in [-0.4, -0.2) is 31.9 Å². The van der Waals surface area contributed by atoms with E-state index in [0.29, 0.717) is 5.57 Å². The smallest absolute Gasteiger partial charge is 0.323 e. The second-order valence-corrected chi connectivity index (χ2v) is 5.33. The number of carbonyl (C=O) groups is 3. The molecule has 108 valence electrons. The molecular weight excluding hydrogens is 260 g/mol. The lowest BCUT2D eigenvalue weighted by atomic mass is 9.81. The molecule has 2 rings (SSSR count). The lowest BCUT2D eigenvalue weighted by molar-refractivity contribution is -0.169. The quantitative estimate of drug-likeness (QED) is 0.444. The van der Waals surface area contributed by atoms with Crippen LogP contribution in [0.25, 0.3) is 0 Å². The van der Waals surface area contributed by atoms with Crippen molar-refractivity contribution in [3.63, 3.8) is 0 Å². The number of allylic oxidation sites excluding steroid dienone is 3. The van der Waals surface area contributed by atoms with Crippen LogP contribution in [0.15, 0.2) is 23.8 Å². The monoisotopic (exact) mass is 278 g/mol. The van der Waals surface area contributed by atoms with Crippen molar-refractivity contribution in [1.82, 2.24) is 0 Å². The van der Waals surface area contributed by atoms with Crippen LogP contribution < -0.4 is 0 Å². The van der Waals surface area contributed by atoms with E-state index in [1.165, 1.54) is 14.2 Å². The molecule has 0 radical (unpaired) electrons. The highest BCUT2D eigenvalue weighted by atomic mass is 16.5. The van der Waals surface area contributed by atoms with Gasteiger partial charge in [0.05, 0.1) is 14.2 Å². The Bertz CT molecular complexity index is 512. The van der Waals surface area contributed by atoms with Crippen LogP contribution in [0.1, 0.15) is 19.8 Å². The number of methoxy groups -OCH3 is 2. The van der Waals surface area contributed by atoms with Gasteiger partial charge in [-0.3, -0.25) is 14.4 Å². The highest BCUT2D eigenvalue weighted by molar-refractivity contribution is 6.05. The summed E-state index contributed by atoms with van der Waals surface area (Å²) in [6.45, 7) is 5.42. The Hall–Kier alpha value is -1.91. The predicted octanol–water partition coefficient (Wildman–Crippen LogP) is 1.43. The molecule has 2 aliphatic carbocycles. The lowest BCUT2D eigenvalue weighted by Gasteiger charge is -2.24. The normalized spacial score (nSPS) is 27.2. The topological polar surface area (TPSA) is 69.7 Å². The summed E-state index contributed by atoms with van der Waals surface area (Å²) in [5.41, 5.74) is 0.164. The number of esters is 2. The molecule has 0 bridgehead atoms. The zero-order valence-corrected chi connectivity index (χ0v) is 11.9. The Morgan fingerprint density at radius 3 is 2.30 bits per heavy atom. The highest BCUT2D eigenvalue weighted by Gasteiger charge is 2.59. The van der Waals surface area contributed by atoms with Gasteiger partial charge in [-0.15, -0.1) is 6.58 Å². The minimum absolute atomic E-state index is 0.0309. The van der Waals surface area contributed by atoms with Crippen molar-refractivity contribution < 1.29 is 23.9 Å². The van der Waals surface area contributed by atoms with E-state index in [0.717, 1.165) is 5.57 Å². The van der Waals surface area contributed by atoms with Crippen LogP contribution in [0.4, 0.5) is 0 Å². The van der Waals surface area contributed by atoms with Gasteiger partial charge in [-0.2, -0.15) is 0 Å². The van der Waals surface area contributed by atoms with Crippen LogP contribution in [0.3, 0.4) is 0 Å². The molecule has 0 spiro atoms. The van der Waals surface area contributed by atoms with Gasteiger partial charge in [-0.25, -0.2) is 0 Å². The first-order valence-corrected chi connectivity index (χ1v) is 6.46. The van der Waals surface area contributed by atoms with E-state index in [2.05, 4.69) is 6.58 Å². The molecule has 0 aromatic rings. The van der Waals surface area contributed by atoms with Gasteiger partial charge >= 0.3 is 11.9 Å². The molecule has 0 N–H and O–H groups in total. The lowest BCUT2D eigenvalue weighted by Crippen LogP contribution is -2.40. The maximum atomic E-state index is 12.1. The van der Waals surface area contributed by atoms with E-state index in [4.69, 9.17) is 9.47 Å². The molecule has 2 atom stereocenters. The Morgan fingerprint density at radius 1 is 1.30 bits per heavy atom. The second kappa shape index (κ2) is 4.89. The molecule has 2 unspecified atom stereocenters. The standard InChI is InChI=1S/C15H18O5/c1-5-9-11-7-15(13(17)19-3,14(18)20-4)6-10(11)8(2)12(9)16/h5,9,11H,1,6-7H2,2-4H3. The summed E-state index contributed by atoms with van der Waals surface area (Å²) in [5, 5.41) is 0. The van der Waals surface area contributed by atoms with E-state index in [1.54, 1.807) is 13.0 Å². The fourth-order valence-electron chi connectivity index (χ4n) is 3.43. The summed E-state index contributed by atoms with van der Waals surface area (Å²) in [6.07, 6.45) is 2.02. The Morgan fingerprint density at radius 2 is 1.85 bits per heavy atom. The van der Waals surface area contributed by atoms with Crippen LogP contribution in [0.2, 0.25) is 0 Å². The first kappa shape index (κ1) is 14.5. The van der Waals surface area contributed by atoms with Gasteiger partial charge < -0.3 is 9.47 Å². The van der Waals surface area contributed by atoms with E-state index in [-0.39, 0.29) is 30.5 Å². The average molecular weight is 278 g/mol. The fourth-order valence-corrected chi connectivity index (χ4v) is 3.43. The van der Waals surface area contributed by atoms with Gasteiger partial charge in [0.2, 0.25) is 0 Å². The number of carbonyl (C=O) groups excluding carboxylic acids is 3. The van der Waals surface area contributed by atoms with Gasteiger partial charge in [0.15, 0.2) is 11.2 Å². The molecule has 20 heavy (non-hydrogen) atoms. The van der Waals surface area contributed by atoms with Crippen molar-refractivity contribution in [3.05, 3.63) is 23.8 Å². The molecule has 0 amide bonds. The van der Waals surface area contributed by atoms with Gasteiger partial charge in [0.1, 0.15) is 0 Å². The van der Waals surface area contributed by atoms with E-state index < -0.39 is 17.4 Å². The molecule has 0 heterocycles. The number of hydrogen-bond donors (Lipinski definition) is 0. The predicted molar refractivity (Wildman–Crippen MR) is 70.6 cm³/mol. The molecule has 2 aliphatic rings. The minimum atomic E-state index is -1.33. The van der Waals surface area contributed by atoms with Gasteiger partial charge in [-0.05, 0) is 31.3 Å². The average Bonchev–Trinajstić information content (AvgIpc) is 2.95. The van der Waals surface area contributed by atoms with Crippen LogP contribution >= 0.6 is 0 Å². The van der Waals surface area contributed by atoms with Crippen molar-refractivity contribution >= 4 is 17.7 Å². The molecule has 1 saturated carbocycles. The molecule has 5 heteroatoms.